The van der Waals surface area contributed by atoms with Gasteiger partial charge in [-0.05, 0) is 37.7 Å². The van der Waals surface area contributed by atoms with Crippen molar-refractivity contribution in [3.63, 3.8) is 0 Å². The Labute approximate surface area is 186 Å². The number of hydrogen-bond acceptors (Lipinski definition) is 4. The maximum absolute atomic E-state index is 5.75. The molecule has 2 fully saturated rings. The third-order valence-corrected chi connectivity index (χ3v) is 5.76. The molecular formula is C21H35IN4O2. The molecule has 0 bridgehead atoms. The Morgan fingerprint density at radius 3 is 2.82 bits per heavy atom. The molecule has 1 aliphatic heterocycles. The van der Waals surface area contributed by atoms with E-state index in [1.54, 1.807) is 13.3 Å². The summed E-state index contributed by atoms with van der Waals surface area (Å²) in [5.74, 6) is 1.67. The Morgan fingerprint density at radius 2 is 2.07 bits per heavy atom. The zero-order valence-corrected chi connectivity index (χ0v) is 19.6. The largest absolute Gasteiger partial charge is 0.475 e. The highest BCUT2D eigenvalue weighted by atomic mass is 127. The smallest absolute Gasteiger partial charge is 0.218 e. The molecule has 2 aliphatic rings. The molecule has 28 heavy (non-hydrogen) atoms. The standard InChI is InChI=1S/C21H34N4O2.HI/c1-3-22-20(25-13-11-21(17-25)9-5-4-6-10-21)24-16-18-8-7-12-23-19(18)27-15-14-26-2;/h7-8,12H,3-6,9-11,13-17H2,1-2H3,(H,22,24);1H. The van der Waals surface area contributed by atoms with Gasteiger partial charge < -0.3 is 19.7 Å². The van der Waals surface area contributed by atoms with Gasteiger partial charge in [0, 0.05) is 38.5 Å². The molecule has 0 unspecified atom stereocenters. The van der Waals surface area contributed by atoms with Gasteiger partial charge >= 0.3 is 0 Å². The molecule has 158 valence electrons. The number of rotatable bonds is 7. The molecule has 0 aromatic carbocycles. The summed E-state index contributed by atoms with van der Waals surface area (Å²) in [5, 5.41) is 3.48. The Morgan fingerprint density at radius 1 is 1.25 bits per heavy atom. The fraction of sp³-hybridized carbons (Fsp3) is 0.714. The quantitative estimate of drug-likeness (QED) is 0.266. The lowest BCUT2D eigenvalue weighted by Gasteiger charge is -2.33. The summed E-state index contributed by atoms with van der Waals surface area (Å²) in [4.78, 5) is 11.7. The molecule has 1 aromatic heterocycles. The number of likely N-dealkylation sites (tertiary alicyclic amines) is 1. The third-order valence-electron chi connectivity index (χ3n) is 5.76. The van der Waals surface area contributed by atoms with Crippen LogP contribution in [0.5, 0.6) is 5.88 Å². The van der Waals surface area contributed by atoms with Gasteiger partial charge in [0.1, 0.15) is 6.61 Å². The van der Waals surface area contributed by atoms with E-state index in [0.29, 0.717) is 31.1 Å². The molecular weight excluding hydrogens is 467 g/mol. The van der Waals surface area contributed by atoms with E-state index in [2.05, 4.69) is 22.1 Å². The molecule has 1 N–H and O–H groups in total. The molecule has 1 saturated carbocycles. The maximum atomic E-state index is 5.75. The number of halogens is 1. The average molecular weight is 502 g/mol. The summed E-state index contributed by atoms with van der Waals surface area (Å²) >= 11 is 0. The van der Waals surface area contributed by atoms with Crippen molar-refractivity contribution in [2.24, 2.45) is 10.4 Å². The minimum absolute atomic E-state index is 0. The maximum Gasteiger partial charge on any atom is 0.218 e. The predicted molar refractivity (Wildman–Crippen MR) is 124 cm³/mol. The van der Waals surface area contributed by atoms with E-state index in [1.807, 2.05) is 12.1 Å². The van der Waals surface area contributed by atoms with Crippen molar-refractivity contribution in [1.29, 1.82) is 0 Å². The predicted octanol–water partition coefficient (Wildman–Crippen LogP) is 3.85. The van der Waals surface area contributed by atoms with Crippen LogP contribution in [0.4, 0.5) is 0 Å². The van der Waals surface area contributed by atoms with Crippen LogP contribution in [0.1, 0.15) is 51.0 Å². The van der Waals surface area contributed by atoms with E-state index >= 15 is 0 Å². The molecule has 0 atom stereocenters. The zero-order chi connectivity index (χ0) is 19.0. The first-order chi connectivity index (χ1) is 13.3. The lowest BCUT2D eigenvalue weighted by molar-refractivity contribution is 0.143. The molecule has 3 rings (SSSR count). The van der Waals surface area contributed by atoms with E-state index in [0.717, 1.165) is 31.2 Å². The Kier molecular flexibility index (Phi) is 9.77. The summed E-state index contributed by atoms with van der Waals surface area (Å²) in [6, 6.07) is 3.97. The fourth-order valence-corrected chi connectivity index (χ4v) is 4.31. The summed E-state index contributed by atoms with van der Waals surface area (Å²) in [6.07, 6.45) is 10.00. The second-order valence-electron chi connectivity index (χ2n) is 7.71. The molecule has 7 heteroatoms. The number of guanidine groups is 1. The normalized spacial score (nSPS) is 18.8. The Hall–Kier alpha value is -1.09. The van der Waals surface area contributed by atoms with Gasteiger partial charge in [0.25, 0.3) is 0 Å². The van der Waals surface area contributed by atoms with Crippen LogP contribution >= 0.6 is 24.0 Å². The molecule has 1 aliphatic carbocycles. The minimum Gasteiger partial charge on any atom is -0.475 e. The van der Waals surface area contributed by atoms with Crippen molar-refractivity contribution in [3.05, 3.63) is 23.9 Å². The topological polar surface area (TPSA) is 59.0 Å². The first-order valence-corrected chi connectivity index (χ1v) is 10.4. The van der Waals surface area contributed by atoms with Crippen molar-refractivity contribution < 1.29 is 9.47 Å². The van der Waals surface area contributed by atoms with E-state index in [-0.39, 0.29) is 24.0 Å². The first kappa shape index (κ1) is 23.2. The van der Waals surface area contributed by atoms with Crippen LogP contribution in [-0.2, 0) is 11.3 Å². The number of nitrogens with one attached hydrogen (secondary N) is 1. The van der Waals surface area contributed by atoms with E-state index in [4.69, 9.17) is 14.5 Å². The highest BCUT2D eigenvalue weighted by Crippen LogP contribution is 2.43. The molecule has 1 spiro atoms. The SMILES string of the molecule is CCNC(=NCc1cccnc1OCCOC)N1CCC2(CCCCC2)C1.I. The van der Waals surface area contributed by atoms with Crippen LogP contribution in [-0.4, -0.2) is 55.8 Å². The number of pyridine rings is 1. The fourth-order valence-electron chi connectivity index (χ4n) is 4.31. The summed E-state index contributed by atoms with van der Waals surface area (Å²) < 4.78 is 10.8. The van der Waals surface area contributed by atoms with Gasteiger partial charge in [0.15, 0.2) is 5.96 Å². The molecule has 6 nitrogen and oxygen atoms in total. The number of aromatic nitrogens is 1. The van der Waals surface area contributed by atoms with Gasteiger partial charge in [-0.3, -0.25) is 0 Å². The van der Waals surface area contributed by atoms with Crippen LogP contribution in [0.2, 0.25) is 0 Å². The van der Waals surface area contributed by atoms with Crippen molar-refractivity contribution in [2.75, 3.05) is 40.0 Å². The lowest BCUT2D eigenvalue weighted by Crippen LogP contribution is -2.41. The zero-order valence-electron chi connectivity index (χ0n) is 17.3. The minimum atomic E-state index is 0. The van der Waals surface area contributed by atoms with Gasteiger partial charge in [0.2, 0.25) is 5.88 Å². The second kappa shape index (κ2) is 11.8. The second-order valence-corrected chi connectivity index (χ2v) is 7.71. The number of aliphatic imine (C=N–C) groups is 1. The van der Waals surface area contributed by atoms with Crippen LogP contribution in [0, 0.1) is 5.41 Å². The van der Waals surface area contributed by atoms with Crippen molar-refractivity contribution in [1.82, 2.24) is 15.2 Å². The highest BCUT2D eigenvalue weighted by molar-refractivity contribution is 14.0. The van der Waals surface area contributed by atoms with Gasteiger partial charge in [-0.25, -0.2) is 9.98 Å². The van der Waals surface area contributed by atoms with E-state index < -0.39 is 0 Å². The van der Waals surface area contributed by atoms with E-state index in [1.165, 1.54) is 38.5 Å². The first-order valence-electron chi connectivity index (χ1n) is 10.4. The van der Waals surface area contributed by atoms with Gasteiger partial charge in [-0.15, -0.1) is 24.0 Å². The number of nitrogens with zero attached hydrogens (tertiary/aromatic N) is 3. The monoisotopic (exact) mass is 502 g/mol. The van der Waals surface area contributed by atoms with Gasteiger partial charge in [-0.2, -0.15) is 0 Å². The molecule has 1 saturated heterocycles. The molecule has 0 radical (unpaired) electrons. The number of ether oxygens (including phenoxy) is 2. The summed E-state index contributed by atoms with van der Waals surface area (Å²) in [5.41, 5.74) is 1.53. The van der Waals surface area contributed by atoms with Crippen molar-refractivity contribution in [2.45, 2.75) is 52.0 Å². The average Bonchev–Trinajstić information content (AvgIpc) is 3.10. The Balaban J connectivity index is 0.00000280. The summed E-state index contributed by atoms with van der Waals surface area (Å²) in [7, 11) is 1.67. The molecule has 0 amide bonds. The highest BCUT2D eigenvalue weighted by Gasteiger charge is 2.39. The van der Waals surface area contributed by atoms with Crippen LogP contribution in [0.15, 0.2) is 23.3 Å². The molecule has 1 aromatic rings. The van der Waals surface area contributed by atoms with Gasteiger partial charge in [0.05, 0.1) is 13.2 Å². The Bertz CT molecular complexity index is 620. The summed E-state index contributed by atoms with van der Waals surface area (Å²) in [6.45, 7) is 6.88. The van der Waals surface area contributed by atoms with Crippen LogP contribution < -0.4 is 10.1 Å². The van der Waals surface area contributed by atoms with Gasteiger partial charge in [-0.1, -0.05) is 25.3 Å². The lowest BCUT2D eigenvalue weighted by atomic mass is 9.73. The van der Waals surface area contributed by atoms with Crippen molar-refractivity contribution >= 4 is 29.9 Å². The third kappa shape index (κ3) is 6.20. The van der Waals surface area contributed by atoms with Crippen LogP contribution in [0.25, 0.3) is 0 Å². The van der Waals surface area contributed by atoms with E-state index in [9.17, 15) is 0 Å². The molecule has 2 heterocycles. The van der Waals surface area contributed by atoms with Crippen molar-refractivity contribution in [3.8, 4) is 5.88 Å². The number of methoxy groups -OCH3 is 1. The number of hydrogen-bond donors (Lipinski definition) is 1. The van der Waals surface area contributed by atoms with Crippen LogP contribution in [0.3, 0.4) is 0 Å².